The molecule has 4 atom stereocenters. The second-order valence-electron chi connectivity index (χ2n) is 4.24. The summed E-state index contributed by atoms with van der Waals surface area (Å²) in [7, 11) is -0.700. The van der Waals surface area contributed by atoms with E-state index in [1.807, 2.05) is 0 Å². The lowest BCUT2D eigenvalue weighted by Gasteiger charge is -2.21. The lowest BCUT2D eigenvalue weighted by Crippen LogP contribution is -2.41. The van der Waals surface area contributed by atoms with Crippen LogP contribution >= 0.6 is 0 Å². The first-order valence-electron chi connectivity index (χ1n) is 5.33. The minimum Gasteiger partial charge on any atom is -0.392 e. The summed E-state index contributed by atoms with van der Waals surface area (Å²) in [5.74, 6) is 0.747. The van der Waals surface area contributed by atoms with Crippen LogP contribution in [0.2, 0.25) is 0 Å². The normalized spacial score (nSPS) is 31.6. The van der Waals surface area contributed by atoms with Gasteiger partial charge in [0.2, 0.25) is 0 Å². The zero-order chi connectivity index (χ0) is 10.6. The molecule has 0 aliphatic heterocycles. The fourth-order valence-electron chi connectivity index (χ4n) is 1.93. The van der Waals surface area contributed by atoms with E-state index in [1.54, 1.807) is 6.26 Å². The molecule has 0 aromatic carbocycles. The van der Waals surface area contributed by atoms with Crippen LogP contribution in [0.4, 0.5) is 0 Å². The predicted octanol–water partition coefficient (Wildman–Crippen LogP) is 0.646. The second kappa shape index (κ2) is 5.83. The molecular weight excluding hydrogens is 198 g/mol. The summed E-state index contributed by atoms with van der Waals surface area (Å²) in [6, 6.07) is 0.618. The van der Waals surface area contributed by atoms with Crippen molar-refractivity contribution in [3.63, 3.8) is 0 Å². The summed E-state index contributed by atoms with van der Waals surface area (Å²) in [5, 5.41) is 13.0. The standard InChI is InChI=1S/C10H21NO2S/c1-8(6-7-14(2)13)11-9-4-3-5-10(9)12/h8-12H,3-7H2,1-2H3/t8?,9-,10-,14?/m1/s1. The molecule has 4 heteroatoms. The summed E-state index contributed by atoms with van der Waals surface area (Å²) in [6.45, 7) is 2.10. The Labute approximate surface area is 88.7 Å². The maximum Gasteiger partial charge on any atom is 0.0693 e. The lowest BCUT2D eigenvalue weighted by atomic mass is 10.1. The Kier molecular flexibility index (Phi) is 5.06. The Balaban J connectivity index is 2.19. The van der Waals surface area contributed by atoms with Gasteiger partial charge < -0.3 is 10.4 Å². The smallest absolute Gasteiger partial charge is 0.0693 e. The van der Waals surface area contributed by atoms with Crippen LogP contribution in [0.1, 0.15) is 32.6 Å². The molecule has 0 heterocycles. The highest BCUT2D eigenvalue weighted by Gasteiger charge is 2.25. The maximum absolute atomic E-state index is 10.9. The van der Waals surface area contributed by atoms with Crippen LogP contribution in [0.15, 0.2) is 0 Å². The van der Waals surface area contributed by atoms with Crippen molar-refractivity contribution in [2.75, 3.05) is 12.0 Å². The number of hydrogen-bond donors (Lipinski definition) is 2. The third-order valence-corrected chi connectivity index (χ3v) is 3.63. The van der Waals surface area contributed by atoms with Crippen molar-refractivity contribution >= 4 is 10.8 Å². The minimum absolute atomic E-state index is 0.176. The zero-order valence-corrected chi connectivity index (χ0v) is 9.85. The Morgan fingerprint density at radius 2 is 2.29 bits per heavy atom. The van der Waals surface area contributed by atoms with Gasteiger partial charge in [-0.3, -0.25) is 4.21 Å². The van der Waals surface area contributed by atoms with Crippen molar-refractivity contribution in [1.29, 1.82) is 0 Å². The molecule has 1 fully saturated rings. The van der Waals surface area contributed by atoms with E-state index in [9.17, 15) is 9.32 Å². The van der Waals surface area contributed by atoms with Gasteiger partial charge in [-0.15, -0.1) is 0 Å². The highest BCUT2D eigenvalue weighted by Crippen LogP contribution is 2.19. The first-order valence-corrected chi connectivity index (χ1v) is 7.06. The van der Waals surface area contributed by atoms with Crippen LogP contribution in [-0.2, 0) is 10.8 Å². The average molecular weight is 219 g/mol. The third-order valence-electron chi connectivity index (χ3n) is 2.82. The van der Waals surface area contributed by atoms with Gasteiger partial charge in [-0.05, 0) is 32.6 Å². The van der Waals surface area contributed by atoms with E-state index in [0.717, 1.165) is 31.4 Å². The van der Waals surface area contributed by atoms with Crippen molar-refractivity contribution in [3.05, 3.63) is 0 Å². The molecule has 1 aliphatic carbocycles. The largest absolute Gasteiger partial charge is 0.392 e. The topological polar surface area (TPSA) is 49.3 Å². The highest BCUT2D eigenvalue weighted by molar-refractivity contribution is 7.84. The van der Waals surface area contributed by atoms with Crippen molar-refractivity contribution in [1.82, 2.24) is 5.32 Å². The summed E-state index contributed by atoms with van der Waals surface area (Å²) < 4.78 is 10.9. The molecule has 0 amide bonds. The molecule has 1 saturated carbocycles. The van der Waals surface area contributed by atoms with Gasteiger partial charge >= 0.3 is 0 Å². The fraction of sp³-hybridized carbons (Fsp3) is 1.00. The van der Waals surface area contributed by atoms with Gasteiger partial charge in [-0.25, -0.2) is 0 Å². The zero-order valence-electron chi connectivity index (χ0n) is 9.03. The molecular formula is C10H21NO2S. The van der Waals surface area contributed by atoms with Crippen LogP contribution in [0.3, 0.4) is 0 Å². The van der Waals surface area contributed by atoms with E-state index >= 15 is 0 Å². The first-order chi connectivity index (χ1) is 6.59. The molecule has 84 valence electrons. The number of aliphatic hydroxyl groups is 1. The molecule has 14 heavy (non-hydrogen) atoms. The number of aliphatic hydroxyl groups excluding tert-OH is 1. The van der Waals surface area contributed by atoms with E-state index < -0.39 is 10.8 Å². The second-order valence-corrected chi connectivity index (χ2v) is 5.79. The maximum atomic E-state index is 10.9. The Bertz CT molecular complexity index is 199. The van der Waals surface area contributed by atoms with Gasteiger partial charge in [0.1, 0.15) is 0 Å². The lowest BCUT2D eigenvalue weighted by molar-refractivity contribution is 0.143. The van der Waals surface area contributed by atoms with Crippen molar-refractivity contribution in [2.45, 2.75) is 50.8 Å². The van der Waals surface area contributed by atoms with E-state index in [4.69, 9.17) is 0 Å². The number of rotatable bonds is 5. The van der Waals surface area contributed by atoms with Gasteiger partial charge in [0.15, 0.2) is 0 Å². The van der Waals surface area contributed by atoms with Gasteiger partial charge in [0.25, 0.3) is 0 Å². The van der Waals surface area contributed by atoms with Gasteiger partial charge in [0, 0.05) is 34.9 Å². The molecule has 2 N–H and O–H groups in total. The van der Waals surface area contributed by atoms with Crippen LogP contribution in [0.25, 0.3) is 0 Å². The number of hydrogen-bond acceptors (Lipinski definition) is 3. The van der Waals surface area contributed by atoms with Crippen molar-refractivity contribution in [3.8, 4) is 0 Å². The Hall–Kier alpha value is 0.0700. The molecule has 0 radical (unpaired) electrons. The van der Waals surface area contributed by atoms with Gasteiger partial charge in [-0.2, -0.15) is 0 Å². The quantitative estimate of drug-likeness (QED) is 0.713. The molecule has 2 unspecified atom stereocenters. The molecule has 0 spiro atoms. The molecule has 0 saturated heterocycles. The third kappa shape index (κ3) is 4.07. The number of nitrogens with one attached hydrogen (secondary N) is 1. The highest BCUT2D eigenvalue weighted by atomic mass is 32.2. The summed E-state index contributed by atoms with van der Waals surface area (Å²) in [6.07, 6.45) is 5.59. The SMILES string of the molecule is CC(CCS(C)=O)N[C@@H]1CCC[C@H]1O. The van der Waals surface area contributed by atoms with E-state index in [2.05, 4.69) is 12.2 Å². The van der Waals surface area contributed by atoms with Crippen molar-refractivity contribution < 1.29 is 9.32 Å². The summed E-state index contributed by atoms with van der Waals surface area (Å²) in [5.41, 5.74) is 0. The summed E-state index contributed by atoms with van der Waals surface area (Å²) >= 11 is 0. The molecule has 3 nitrogen and oxygen atoms in total. The van der Waals surface area contributed by atoms with Crippen LogP contribution in [0, 0.1) is 0 Å². The molecule has 0 bridgehead atoms. The van der Waals surface area contributed by atoms with Crippen molar-refractivity contribution in [2.24, 2.45) is 0 Å². The first kappa shape index (κ1) is 12.1. The van der Waals surface area contributed by atoms with Gasteiger partial charge in [0.05, 0.1) is 6.10 Å². The molecule has 1 aliphatic rings. The monoisotopic (exact) mass is 219 g/mol. The average Bonchev–Trinajstić information content (AvgIpc) is 2.49. The van der Waals surface area contributed by atoms with E-state index in [1.165, 1.54) is 0 Å². The summed E-state index contributed by atoms with van der Waals surface area (Å²) in [4.78, 5) is 0. The van der Waals surface area contributed by atoms with Crippen LogP contribution in [0.5, 0.6) is 0 Å². The minimum atomic E-state index is -0.700. The van der Waals surface area contributed by atoms with Gasteiger partial charge in [-0.1, -0.05) is 0 Å². The Morgan fingerprint density at radius 3 is 2.79 bits per heavy atom. The molecule has 0 aromatic heterocycles. The molecule has 1 rings (SSSR count). The van der Waals surface area contributed by atoms with E-state index in [-0.39, 0.29) is 12.1 Å². The molecule has 0 aromatic rings. The predicted molar refractivity (Wildman–Crippen MR) is 59.8 cm³/mol. The van der Waals surface area contributed by atoms with E-state index in [0.29, 0.717) is 6.04 Å². The van der Waals surface area contributed by atoms with Crippen LogP contribution in [-0.4, -0.2) is 39.5 Å². The fourth-order valence-corrected chi connectivity index (χ4v) is 2.61. The Morgan fingerprint density at radius 1 is 1.57 bits per heavy atom. The van der Waals surface area contributed by atoms with Crippen LogP contribution < -0.4 is 5.32 Å².